The van der Waals surface area contributed by atoms with Crippen LogP contribution in [-0.4, -0.2) is 69.4 Å². The van der Waals surface area contributed by atoms with Crippen LogP contribution in [0.25, 0.3) is 10.8 Å². The van der Waals surface area contributed by atoms with E-state index in [4.69, 9.17) is 23.7 Å². The van der Waals surface area contributed by atoms with Crippen LogP contribution in [0.15, 0.2) is 54.6 Å². The summed E-state index contributed by atoms with van der Waals surface area (Å²) in [7, 11) is 0. The summed E-state index contributed by atoms with van der Waals surface area (Å²) in [6.07, 6.45) is 3.00. The summed E-state index contributed by atoms with van der Waals surface area (Å²) in [4.78, 5) is 39.7. The van der Waals surface area contributed by atoms with Crippen molar-refractivity contribution in [2.45, 2.75) is 92.6 Å². The Bertz CT molecular complexity index is 1730. The quantitative estimate of drug-likeness (QED) is 0.0573. The molecule has 0 amide bonds. The van der Waals surface area contributed by atoms with Crippen LogP contribution in [0.4, 0.5) is 0 Å². The fraction of sp³-hybridized carbons (Fsp3) is 0.525. The van der Waals surface area contributed by atoms with Crippen LogP contribution in [0.5, 0.6) is 17.2 Å². The lowest BCUT2D eigenvalue weighted by Crippen LogP contribution is -2.42. The molecule has 5 rings (SSSR count). The Kier molecular flexibility index (Phi) is 13.7. The molecule has 0 bridgehead atoms. The molecule has 3 unspecified atom stereocenters. The highest BCUT2D eigenvalue weighted by Gasteiger charge is 2.36. The van der Waals surface area contributed by atoms with Gasteiger partial charge in [0.2, 0.25) is 0 Å². The normalized spacial score (nSPS) is 17.8. The molecule has 0 aliphatic carbocycles. The van der Waals surface area contributed by atoms with Crippen molar-refractivity contribution < 1.29 is 38.1 Å². The van der Waals surface area contributed by atoms with Gasteiger partial charge in [0, 0.05) is 22.6 Å². The molecule has 2 N–H and O–H groups in total. The second kappa shape index (κ2) is 17.6. The molecule has 0 saturated carbocycles. The number of hydrogen-bond donors (Lipinski definition) is 2. The van der Waals surface area contributed by atoms with E-state index in [2.05, 4.69) is 33.2 Å². The number of alkyl halides is 2. The number of carbonyl (C=O) groups excluding carboxylic acids is 3. The minimum Gasteiger partial charge on any atom is -0.456 e. The monoisotopic (exact) mass is 940 g/mol. The number of ether oxygens (including phenoxy) is 5. The van der Waals surface area contributed by atoms with Gasteiger partial charge in [-0.15, -0.1) is 0 Å². The van der Waals surface area contributed by atoms with Gasteiger partial charge in [-0.2, -0.15) is 0 Å². The third kappa shape index (κ3) is 10.3. The van der Waals surface area contributed by atoms with Crippen LogP contribution < -0.4 is 24.8 Å². The van der Waals surface area contributed by atoms with E-state index in [-0.39, 0.29) is 19.7 Å². The highest BCUT2D eigenvalue weighted by Crippen LogP contribution is 2.36. The number of esters is 3. The summed E-state index contributed by atoms with van der Waals surface area (Å²) in [5.74, 6) is 0.465. The fourth-order valence-corrected chi connectivity index (χ4v) is 7.22. The molecule has 2 heterocycles. The second-order valence-electron chi connectivity index (χ2n) is 14.7. The summed E-state index contributed by atoms with van der Waals surface area (Å²) in [5, 5.41) is 7.82. The summed E-state index contributed by atoms with van der Waals surface area (Å²) in [5.41, 5.74) is -0.498. The molecule has 3 aromatic rings. The van der Waals surface area contributed by atoms with E-state index in [1.54, 1.807) is 61.5 Å². The Hall–Kier alpha value is -2.69. The molecule has 2 aliphatic rings. The third-order valence-electron chi connectivity index (χ3n) is 10.0. The first-order valence-corrected chi connectivity index (χ1v) is 20.5. The first-order chi connectivity index (χ1) is 24.6. The van der Waals surface area contributed by atoms with Gasteiger partial charge in [-0.05, 0) is 142 Å². The van der Waals surface area contributed by atoms with Crippen LogP contribution in [0.2, 0.25) is 0 Å². The number of piperidine rings is 2. The van der Waals surface area contributed by atoms with Gasteiger partial charge in [0.1, 0.15) is 32.4 Å². The third-order valence-corrected chi connectivity index (χ3v) is 11.1. The highest BCUT2D eigenvalue weighted by atomic mass is 127. The number of fused-ring (bicyclic) bond motifs is 1. The van der Waals surface area contributed by atoms with E-state index in [0.29, 0.717) is 39.1 Å². The van der Waals surface area contributed by atoms with Crippen LogP contribution in [0.1, 0.15) is 87.9 Å². The molecule has 0 aromatic heterocycles. The standard InChI is InChI=1S/C40H50I2N2O8/c1-24(41)35(45)50-34-13-12-32(37(47)52-40(5,6)28-16-20-44-21-17-28)31-11-10-30(23-33(31)34)49-38(25(2)42)48-29-9-7-8-26(22-29)36(46)51-39(3,4)27-14-18-43-19-15-27/h7-13,22-25,27-28,38,43-44H,14-21H2,1-6H3. The lowest BCUT2D eigenvalue weighted by Gasteiger charge is -2.36. The van der Waals surface area contributed by atoms with Gasteiger partial charge in [0.25, 0.3) is 6.29 Å². The predicted octanol–water partition coefficient (Wildman–Crippen LogP) is 8.05. The second-order valence-corrected chi connectivity index (χ2v) is 18.5. The van der Waals surface area contributed by atoms with Crippen molar-refractivity contribution in [3.63, 3.8) is 0 Å². The molecular weight excluding hydrogens is 890 g/mol. The van der Waals surface area contributed by atoms with Crippen molar-refractivity contribution in [3.05, 3.63) is 65.7 Å². The lowest BCUT2D eigenvalue weighted by atomic mass is 9.83. The first-order valence-electron chi connectivity index (χ1n) is 18.0. The van der Waals surface area contributed by atoms with Crippen molar-refractivity contribution in [2.75, 3.05) is 26.2 Å². The maximum Gasteiger partial charge on any atom is 0.339 e. The van der Waals surface area contributed by atoms with Crippen LogP contribution >= 0.6 is 45.2 Å². The molecule has 3 atom stereocenters. The maximum absolute atomic E-state index is 13.7. The minimum absolute atomic E-state index is 0.126. The molecule has 2 saturated heterocycles. The Morgan fingerprint density at radius 1 is 0.712 bits per heavy atom. The molecule has 12 heteroatoms. The SMILES string of the molecule is CC(I)C(=O)Oc1ccc(C(=O)OC(C)(C)C2CCNCC2)c2ccc(OC(Oc3cccc(C(=O)OC(C)(C)C4CCNCC4)c3)C(C)I)cc12. The van der Waals surface area contributed by atoms with Gasteiger partial charge in [-0.1, -0.05) is 51.2 Å². The summed E-state index contributed by atoms with van der Waals surface area (Å²) in [6.45, 7) is 15.2. The van der Waals surface area contributed by atoms with E-state index in [9.17, 15) is 14.4 Å². The van der Waals surface area contributed by atoms with Crippen molar-refractivity contribution in [2.24, 2.45) is 11.8 Å². The summed E-state index contributed by atoms with van der Waals surface area (Å²) in [6, 6.07) is 15.5. The molecule has 0 radical (unpaired) electrons. The molecular formula is C40H50I2N2O8. The Morgan fingerprint density at radius 3 is 1.83 bits per heavy atom. The zero-order chi connectivity index (χ0) is 37.6. The number of rotatable bonds is 13. The van der Waals surface area contributed by atoms with Gasteiger partial charge < -0.3 is 34.3 Å². The van der Waals surface area contributed by atoms with Crippen LogP contribution in [0.3, 0.4) is 0 Å². The van der Waals surface area contributed by atoms with Crippen molar-refractivity contribution >= 4 is 73.9 Å². The van der Waals surface area contributed by atoms with E-state index in [1.807, 2.05) is 57.2 Å². The van der Waals surface area contributed by atoms with E-state index >= 15 is 0 Å². The number of benzene rings is 3. The fourth-order valence-electron chi connectivity index (χ4n) is 6.80. The van der Waals surface area contributed by atoms with E-state index < -0.39 is 35.4 Å². The Labute approximate surface area is 334 Å². The van der Waals surface area contributed by atoms with Gasteiger partial charge >= 0.3 is 17.9 Å². The average molecular weight is 941 g/mol. The number of carbonyl (C=O) groups is 3. The topological polar surface area (TPSA) is 121 Å². The van der Waals surface area contributed by atoms with Crippen molar-refractivity contribution in [1.82, 2.24) is 10.6 Å². The highest BCUT2D eigenvalue weighted by molar-refractivity contribution is 14.1. The van der Waals surface area contributed by atoms with E-state index in [1.165, 1.54) is 0 Å². The van der Waals surface area contributed by atoms with Gasteiger partial charge in [0.05, 0.1) is 15.1 Å². The Balaban J connectivity index is 1.38. The summed E-state index contributed by atoms with van der Waals surface area (Å²) >= 11 is 4.24. The van der Waals surface area contributed by atoms with Gasteiger partial charge in [0.15, 0.2) is 0 Å². The van der Waals surface area contributed by atoms with Crippen LogP contribution in [-0.2, 0) is 14.3 Å². The largest absolute Gasteiger partial charge is 0.456 e. The van der Waals surface area contributed by atoms with Gasteiger partial charge in [-0.25, -0.2) is 9.59 Å². The predicted molar refractivity (Wildman–Crippen MR) is 218 cm³/mol. The molecule has 10 nitrogen and oxygen atoms in total. The molecule has 3 aromatic carbocycles. The minimum atomic E-state index is -0.755. The maximum atomic E-state index is 13.7. The zero-order valence-electron chi connectivity index (χ0n) is 30.8. The molecule has 282 valence electrons. The smallest absolute Gasteiger partial charge is 0.339 e. The van der Waals surface area contributed by atoms with Crippen molar-refractivity contribution in [1.29, 1.82) is 0 Å². The number of nitrogens with one attached hydrogen (secondary N) is 2. The Morgan fingerprint density at radius 2 is 1.27 bits per heavy atom. The van der Waals surface area contributed by atoms with E-state index in [0.717, 1.165) is 51.9 Å². The van der Waals surface area contributed by atoms with Gasteiger partial charge in [-0.3, -0.25) is 4.79 Å². The first kappa shape index (κ1) is 40.5. The number of hydrogen-bond acceptors (Lipinski definition) is 10. The summed E-state index contributed by atoms with van der Waals surface area (Å²) < 4.78 is 30.2. The van der Waals surface area contributed by atoms with Crippen LogP contribution in [0, 0.1) is 11.8 Å². The average Bonchev–Trinajstić information content (AvgIpc) is 3.11. The zero-order valence-corrected chi connectivity index (χ0v) is 35.1. The number of halogens is 2. The lowest BCUT2D eigenvalue weighted by molar-refractivity contribution is -0.133. The molecule has 2 aliphatic heterocycles. The van der Waals surface area contributed by atoms with Crippen molar-refractivity contribution in [3.8, 4) is 17.2 Å². The molecule has 52 heavy (non-hydrogen) atoms. The molecule has 2 fully saturated rings. The molecule has 0 spiro atoms.